The fourth-order valence-corrected chi connectivity index (χ4v) is 3.51. The van der Waals surface area contributed by atoms with Crippen LogP contribution in [-0.4, -0.2) is 46.7 Å². The van der Waals surface area contributed by atoms with E-state index in [9.17, 15) is 14.9 Å². The van der Waals surface area contributed by atoms with Gasteiger partial charge in [0, 0.05) is 30.9 Å². The first kappa shape index (κ1) is 16.5. The van der Waals surface area contributed by atoms with Crippen LogP contribution in [-0.2, 0) is 4.74 Å². The summed E-state index contributed by atoms with van der Waals surface area (Å²) < 4.78 is 5.53. The number of benzene rings is 1. The van der Waals surface area contributed by atoms with Gasteiger partial charge in [-0.05, 0) is 45.7 Å². The molecule has 0 saturated carbocycles. The molecule has 2 bridgehead atoms. The average molecular weight is 333 g/mol. The minimum absolute atomic E-state index is 0.0918. The predicted octanol–water partition coefficient (Wildman–Crippen LogP) is 3.18. The summed E-state index contributed by atoms with van der Waals surface area (Å²) in [6.07, 6.45) is 1.69. The molecule has 2 saturated heterocycles. The third-order valence-corrected chi connectivity index (χ3v) is 4.51. The largest absolute Gasteiger partial charge is 0.444 e. The standard InChI is InChI=1S/C17H23N3O4/c1-17(2,3)24-16(21)19-14-8-9-15(19)11-18(10-14)12-4-6-13(7-5-12)20(22)23/h4-7,14-15H,8-11H2,1-3H3/t14-,15+. The van der Waals surface area contributed by atoms with E-state index in [0.29, 0.717) is 0 Å². The number of fused-ring (bicyclic) bond motifs is 2. The Kier molecular flexibility index (Phi) is 4.11. The van der Waals surface area contributed by atoms with Gasteiger partial charge >= 0.3 is 6.09 Å². The molecule has 2 heterocycles. The highest BCUT2D eigenvalue weighted by molar-refractivity contribution is 5.70. The number of non-ortho nitro benzene ring substituents is 1. The van der Waals surface area contributed by atoms with Crippen LogP contribution in [0, 0.1) is 10.1 Å². The molecule has 130 valence electrons. The van der Waals surface area contributed by atoms with E-state index < -0.39 is 10.5 Å². The summed E-state index contributed by atoms with van der Waals surface area (Å²) in [7, 11) is 0. The number of ether oxygens (including phenoxy) is 1. The molecule has 0 radical (unpaired) electrons. The maximum absolute atomic E-state index is 12.4. The van der Waals surface area contributed by atoms with Gasteiger partial charge < -0.3 is 9.64 Å². The molecule has 2 aliphatic heterocycles. The van der Waals surface area contributed by atoms with Gasteiger partial charge in [-0.2, -0.15) is 0 Å². The summed E-state index contributed by atoms with van der Waals surface area (Å²) >= 11 is 0. The lowest BCUT2D eigenvalue weighted by Gasteiger charge is -2.42. The second kappa shape index (κ2) is 5.96. The van der Waals surface area contributed by atoms with Crippen LogP contribution in [0.2, 0.25) is 0 Å². The van der Waals surface area contributed by atoms with Crippen LogP contribution in [0.25, 0.3) is 0 Å². The number of hydrogen-bond acceptors (Lipinski definition) is 5. The van der Waals surface area contributed by atoms with Crippen molar-refractivity contribution in [2.45, 2.75) is 51.3 Å². The first-order valence-corrected chi connectivity index (χ1v) is 8.25. The quantitative estimate of drug-likeness (QED) is 0.614. The molecule has 7 heteroatoms. The molecule has 0 unspecified atom stereocenters. The van der Waals surface area contributed by atoms with E-state index in [1.165, 1.54) is 12.1 Å². The normalized spacial score (nSPS) is 23.3. The highest BCUT2D eigenvalue weighted by Gasteiger charge is 2.44. The van der Waals surface area contributed by atoms with Gasteiger partial charge in [-0.25, -0.2) is 4.79 Å². The summed E-state index contributed by atoms with van der Waals surface area (Å²) in [6.45, 7) is 7.08. The molecule has 0 aromatic heterocycles. The van der Waals surface area contributed by atoms with Gasteiger partial charge in [0.2, 0.25) is 0 Å². The summed E-state index contributed by atoms with van der Waals surface area (Å²) in [5.41, 5.74) is 0.557. The van der Waals surface area contributed by atoms with E-state index in [0.717, 1.165) is 31.6 Å². The molecular formula is C17H23N3O4. The molecule has 1 amide bonds. The number of carbonyl (C=O) groups excluding carboxylic acids is 1. The maximum Gasteiger partial charge on any atom is 0.410 e. The van der Waals surface area contributed by atoms with Crippen molar-refractivity contribution in [3.63, 3.8) is 0 Å². The molecule has 2 fully saturated rings. The van der Waals surface area contributed by atoms with Crippen molar-refractivity contribution in [2.75, 3.05) is 18.0 Å². The van der Waals surface area contributed by atoms with Gasteiger partial charge in [0.05, 0.1) is 17.0 Å². The smallest absolute Gasteiger partial charge is 0.410 e. The fourth-order valence-electron chi connectivity index (χ4n) is 3.51. The maximum atomic E-state index is 12.4. The molecule has 3 rings (SSSR count). The zero-order valence-corrected chi connectivity index (χ0v) is 14.3. The third-order valence-electron chi connectivity index (χ3n) is 4.51. The van der Waals surface area contributed by atoms with Crippen molar-refractivity contribution in [3.8, 4) is 0 Å². The number of nitrogens with zero attached hydrogens (tertiary/aromatic N) is 3. The Morgan fingerprint density at radius 3 is 2.17 bits per heavy atom. The lowest BCUT2D eigenvalue weighted by Crippen LogP contribution is -2.56. The second-order valence-corrected chi connectivity index (χ2v) is 7.45. The van der Waals surface area contributed by atoms with Gasteiger partial charge in [-0.1, -0.05) is 0 Å². The van der Waals surface area contributed by atoms with Gasteiger partial charge in [0.25, 0.3) is 5.69 Å². The zero-order valence-electron chi connectivity index (χ0n) is 14.3. The highest BCUT2D eigenvalue weighted by atomic mass is 16.6. The van der Waals surface area contributed by atoms with Crippen LogP contribution in [0.3, 0.4) is 0 Å². The van der Waals surface area contributed by atoms with Crippen molar-refractivity contribution >= 4 is 17.5 Å². The van der Waals surface area contributed by atoms with E-state index in [4.69, 9.17) is 4.74 Å². The predicted molar refractivity (Wildman–Crippen MR) is 90.2 cm³/mol. The van der Waals surface area contributed by atoms with Crippen molar-refractivity contribution in [2.24, 2.45) is 0 Å². The monoisotopic (exact) mass is 333 g/mol. The van der Waals surface area contributed by atoms with Crippen molar-refractivity contribution in [3.05, 3.63) is 34.4 Å². The Labute approximate surface area is 141 Å². The molecule has 1 aromatic carbocycles. The van der Waals surface area contributed by atoms with Crippen LogP contribution in [0.5, 0.6) is 0 Å². The number of hydrogen-bond donors (Lipinski definition) is 0. The number of nitro benzene ring substituents is 1. The van der Waals surface area contributed by atoms with Crippen LogP contribution >= 0.6 is 0 Å². The third kappa shape index (κ3) is 3.29. The molecule has 2 aliphatic rings. The molecule has 24 heavy (non-hydrogen) atoms. The Bertz CT molecular complexity index is 624. The Hall–Kier alpha value is -2.31. The Morgan fingerprint density at radius 1 is 1.17 bits per heavy atom. The Balaban J connectivity index is 1.71. The summed E-state index contributed by atoms with van der Waals surface area (Å²) in [5.74, 6) is 0. The van der Waals surface area contributed by atoms with E-state index in [1.54, 1.807) is 12.1 Å². The molecular weight excluding hydrogens is 310 g/mol. The van der Waals surface area contributed by atoms with Gasteiger partial charge in [0.1, 0.15) is 5.60 Å². The Morgan fingerprint density at radius 2 is 1.71 bits per heavy atom. The number of carbonyl (C=O) groups is 1. The van der Waals surface area contributed by atoms with Crippen LogP contribution in [0.4, 0.5) is 16.2 Å². The van der Waals surface area contributed by atoms with E-state index in [1.807, 2.05) is 25.7 Å². The van der Waals surface area contributed by atoms with Gasteiger partial charge in [-0.3, -0.25) is 15.0 Å². The van der Waals surface area contributed by atoms with E-state index in [-0.39, 0.29) is 23.9 Å². The molecule has 2 atom stereocenters. The topological polar surface area (TPSA) is 75.9 Å². The van der Waals surface area contributed by atoms with E-state index in [2.05, 4.69) is 4.90 Å². The summed E-state index contributed by atoms with van der Waals surface area (Å²) in [6, 6.07) is 6.87. The van der Waals surface area contributed by atoms with Gasteiger partial charge in [0.15, 0.2) is 0 Å². The fraction of sp³-hybridized carbons (Fsp3) is 0.588. The van der Waals surface area contributed by atoms with E-state index >= 15 is 0 Å². The van der Waals surface area contributed by atoms with Crippen molar-refractivity contribution in [1.29, 1.82) is 0 Å². The zero-order chi connectivity index (χ0) is 17.5. The lowest BCUT2D eigenvalue weighted by molar-refractivity contribution is -0.384. The number of anilines is 1. The van der Waals surface area contributed by atoms with Crippen LogP contribution in [0.15, 0.2) is 24.3 Å². The highest BCUT2D eigenvalue weighted by Crippen LogP contribution is 2.34. The molecule has 0 spiro atoms. The number of nitro groups is 1. The first-order chi connectivity index (χ1) is 11.2. The summed E-state index contributed by atoms with van der Waals surface area (Å²) in [4.78, 5) is 26.9. The number of amides is 1. The van der Waals surface area contributed by atoms with Crippen LogP contribution in [0.1, 0.15) is 33.6 Å². The van der Waals surface area contributed by atoms with Gasteiger partial charge in [-0.15, -0.1) is 0 Å². The first-order valence-electron chi connectivity index (χ1n) is 8.25. The minimum atomic E-state index is -0.494. The summed E-state index contributed by atoms with van der Waals surface area (Å²) in [5, 5.41) is 10.8. The molecule has 0 aliphatic carbocycles. The molecule has 1 aromatic rings. The average Bonchev–Trinajstić information content (AvgIpc) is 2.76. The minimum Gasteiger partial charge on any atom is -0.444 e. The lowest BCUT2D eigenvalue weighted by atomic mass is 10.1. The van der Waals surface area contributed by atoms with Crippen molar-refractivity contribution in [1.82, 2.24) is 4.90 Å². The molecule has 0 N–H and O–H groups in total. The van der Waals surface area contributed by atoms with Crippen LogP contribution < -0.4 is 4.90 Å². The van der Waals surface area contributed by atoms with Crippen molar-refractivity contribution < 1.29 is 14.5 Å². The number of rotatable bonds is 2. The SMILES string of the molecule is CC(C)(C)OC(=O)N1[C@@H]2CC[C@H]1CN(c1ccc([N+](=O)[O-])cc1)C2. The second-order valence-electron chi connectivity index (χ2n) is 7.45. The molecule has 7 nitrogen and oxygen atoms in total. The number of piperazine rings is 1.